The van der Waals surface area contributed by atoms with E-state index in [1.54, 1.807) is 26.0 Å². The van der Waals surface area contributed by atoms with Crippen LogP contribution in [-0.2, 0) is 16.0 Å². The highest BCUT2D eigenvalue weighted by molar-refractivity contribution is 5.86. The van der Waals surface area contributed by atoms with Gasteiger partial charge in [0.25, 0.3) is 0 Å². The van der Waals surface area contributed by atoms with E-state index in [-0.39, 0.29) is 12.3 Å². The summed E-state index contributed by atoms with van der Waals surface area (Å²) in [5.74, 6) is -0.913. The van der Waals surface area contributed by atoms with Crippen LogP contribution in [0.1, 0.15) is 39.7 Å². The van der Waals surface area contributed by atoms with Crippen LogP contribution in [0.5, 0.6) is 0 Å². The third-order valence-corrected chi connectivity index (χ3v) is 3.65. The minimum atomic E-state index is -1.10. The Morgan fingerprint density at radius 3 is 2.26 bits per heavy atom. The number of amides is 1. The van der Waals surface area contributed by atoms with Crippen LogP contribution in [0.2, 0.25) is 0 Å². The zero-order chi connectivity index (χ0) is 17.1. The Hall–Kier alpha value is -2.63. The highest BCUT2D eigenvalue weighted by Crippen LogP contribution is 2.19. The van der Waals surface area contributed by atoms with Crippen LogP contribution in [0.4, 0.5) is 0 Å². The quantitative estimate of drug-likeness (QED) is 0.883. The van der Waals surface area contributed by atoms with E-state index >= 15 is 0 Å². The molecule has 6 heteroatoms. The summed E-state index contributed by atoms with van der Waals surface area (Å²) in [6.07, 6.45) is 0.0374. The Labute approximate surface area is 134 Å². The molecule has 1 atom stereocenters. The SMILES string of the molecule is Cc1cc(C)cc(C(NC(=O)Cc2c(C)noc2C)C(=O)O)c1. The summed E-state index contributed by atoms with van der Waals surface area (Å²) in [4.78, 5) is 23.8. The van der Waals surface area contributed by atoms with E-state index in [4.69, 9.17) is 4.52 Å². The monoisotopic (exact) mass is 316 g/mol. The average molecular weight is 316 g/mol. The minimum Gasteiger partial charge on any atom is -0.479 e. The molecule has 1 aromatic carbocycles. The first kappa shape index (κ1) is 16.7. The molecule has 0 saturated carbocycles. The highest BCUT2D eigenvalue weighted by atomic mass is 16.5. The Morgan fingerprint density at radius 1 is 1.17 bits per heavy atom. The highest BCUT2D eigenvalue weighted by Gasteiger charge is 2.23. The predicted octanol–water partition coefficient (Wildman–Crippen LogP) is 2.39. The van der Waals surface area contributed by atoms with Gasteiger partial charge in [-0.15, -0.1) is 0 Å². The average Bonchev–Trinajstić information content (AvgIpc) is 2.75. The molecule has 0 fully saturated rings. The van der Waals surface area contributed by atoms with Crippen molar-refractivity contribution in [2.45, 2.75) is 40.2 Å². The van der Waals surface area contributed by atoms with Gasteiger partial charge >= 0.3 is 5.97 Å². The maximum absolute atomic E-state index is 12.2. The van der Waals surface area contributed by atoms with Crippen molar-refractivity contribution in [3.63, 3.8) is 0 Å². The molecular formula is C17H20N2O4. The van der Waals surface area contributed by atoms with E-state index in [0.29, 0.717) is 22.6 Å². The maximum atomic E-state index is 12.2. The second kappa shape index (κ2) is 6.64. The minimum absolute atomic E-state index is 0.0374. The molecule has 2 N–H and O–H groups in total. The predicted molar refractivity (Wildman–Crippen MR) is 84.1 cm³/mol. The number of rotatable bonds is 5. The number of aryl methyl sites for hydroxylation is 4. The molecule has 2 rings (SSSR count). The van der Waals surface area contributed by atoms with Crippen LogP contribution in [0, 0.1) is 27.7 Å². The largest absolute Gasteiger partial charge is 0.479 e. The van der Waals surface area contributed by atoms with Crippen molar-refractivity contribution in [2.24, 2.45) is 0 Å². The molecule has 23 heavy (non-hydrogen) atoms. The lowest BCUT2D eigenvalue weighted by molar-refractivity contribution is -0.141. The van der Waals surface area contributed by atoms with Crippen molar-refractivity contribution >= 4 is 11.9 Å². The van der Waals surface area contributed by atoms with Gasteiger partial charge in [-0.3, -0.25) is 4.79 Å². The number of carboxylic acids is 1. The lowest BCUT2D eigenvalue weighted by Gasteiger charge is -2.16. The Balaban J connectivity index is 2.19. The number of carboxylic acid groups (broad SMARTS) is 1. The van der Waals surface area contributed by atoms with Gasteiger partial charge in [0, 0.05) is 5.56 Å². The van der Waals surface area contributed by atoms with Gasteiger partial charge in [0.05, 0.1) is 12.1 Å². The fourth-order valence-electron chi connectivity index (χ4n) is 2.59. The Kier molecular flexibility index (Phi) is 4.83. The Morgan fingerprint density at radius 2 is 1.78 bits per heavy atom. The smallest absolute Gasteiger partial charge is 0.330 e. The summed E-state index contributed by atoms with van der Waals surface area (Å²) in [5, 5.41) is 15.8. The number of nitrogens with one attached hydrogen (secondary N) is 1. The van der Waals surface area contributed by atoms with Crippen LogP contribution in [0.3, 0.4) is 0 Å². The molecule has 1 aromatic heterocycles. The van der Waals surface area contributed by atoms with Gasteiger partial charge < -0.3 is 14.9 Å². The molecule has 0 saturated heterocycles. The summed E-state index contributed by atoms with van der Waals surface area (Å²) in [7, 11) is 0. The zero-order valence-electron chi connectivity index (χ0n) is 13.6. The van der Waals surface area contributed by atoms with Gasteiger partial charge in [-0.2, -0.15) is 0 Å². The number of benzene rings is 1. The first-order valence-corrected chi connectivity index (χ1v) is 7.30. The van der Waals surface area contributed by atoms with Crippen molar-refractivity contribution in [3.05, 3.63) is 51.9 Å². The second-order valence-corrected chi connectivity index (χ2v) is 5.74. The third kappa shape index (κ3) is 3.97. The van der Waals surface area contributed by atoms with Gasteiger partial charge in [-0.25, -0.2) is 4.79 Å². The summed E-state index contributed by atoms with van der Waals surface area (Å²) >= 11 is 0. The fraction of sp³-hybridized carbons (Fsp3) is 0.353. The van der Waals surface area contributed by atoms with Crippen molar-refractivity contribution in [3.8, 4) is 0 Å². The first-order chi connectivity index (χ1) is 10.8. The van der Waals surface area contributed by atoms with Gasteiger partial charge in [-0.1, -0.05) is 34.5 Å². The number of carbonyl (C=O) groups excluding carboxylic acids is 1. The van der Waals surface area contributed by atoms with E-state index in [9.17, 15) is 14.7 Å². The number of aliphatic carboxylic acids is 1. The topological polar surface area (TPSA) is 92.4 Å². The molecule has 1 amide bonds. The molecule has 1 unspecified atom stereocenters. The first-order valence-electron chi connectivity index (χ1n) is 7.30. The van der Waals surface area contributed by atoms with E-state index in [1.165, 1.54) is 0 Å². The second-order valence-electron chi connectivity index (χ2n) is 5.74. The van der Waals surface area contributed by atoms with E-state index < -0.39 is 12.0 Å². The van der Waals surface area contributed by atoms with Crippen LogP contribution in [0.15, 0.2) is 22.7 Å². The van der Waals surface area contributed by atoms with Gasteiger partial charge in [0.2, 0.25) is 5.91 Å². The number of nitrogens with zero attached hydrogens (tertiary/aromatic N) is 1. The van der Waals surface area contributed by atoms with Crippen molar-refractivity contribution in [2.75, 3.05) is 0 Å². The standard InChI is InChI=1S/C17H20N2O4/c1-9-5-10(2)7-13(6-9)16(17(21)22)18-15(20)8-14-11(3)19-23-12(14)4/h5-7,16H,8H2,1-4H3,(H,18,20)(H,21,22). The number of carbonyl (C=O) groups is 2. The van der Waals surface area contributed by atoms with Crippen molar-refractivity contribution in [1.29, 1.82) is 0 Å². The summed E-state index contributed by atoms with van der Waals surface area (Å²) in [5.41, 5.74) is 3.78. The summed E-state index contributed by atoms with van der Waals surface area (Å²) in [6.45, 7) is 7.25. The van der Waals surface area contributed by atoms with Crippen molar-refractivity contribution < 1.29 is 19.2 Å². The molecule has 0 aliphatic carbocycles. The van der Waals surface area contributed by atoms with E-state index in [0.717, 1.165) is 11.1 Å². The maximum Gasteiger partial charge on any atom is 0.330 e. The molecule has 6 nitrogen and oxygen atoms in total. The molecule has 1 heterocycles. The summed E-state index contributed by atoms with van der Waals surface area (Å²) < 4.78 is 5.02. The van der Waals surface area contributed by atoms with E-state index in [1.807, 2.05) is 19.9 Å². The molecule has 0 spiro atoms. The van der Waals surface area contributed by atoms with Gasteiger partial charge in [0.15, 0.2) is 6.04 Å². The van der Waals surface area contributed by atoms with Crippen LogP contribution in [0.25, 0.3) is 0 Å². The molecule has 0 aliphatic heterocycles. The molecule has 122 valence electrons. The molecule has 0 bridgehead atoms. The van der Waals surface area contributed by atoms with Gasteiger partial charge in [0.1, 0.15) is 5.76 Å². The van der Waals surface area contributed by atoms with Crippen LogP contribution >= 0.6 is 0 Å². The lowest BCUT2D eigenvalue weighted by Crippen LogP contribution is -2.35. The van der Waals surface area contributed by atoms with E-state index in [2.05, 4.69) is 10.5 Å². The normalized spacial score (nSPS) is 12.0. The molecule has 2 aromatic rings. The molecule has 0 radical (unpaired) electrons. The molecular weight excluding hydrogens is 296 g/mol. The summed E-state index contributed by atoms with van der Waals surface area (Å²) in [6, 6.07) is 4.40. The Bertz CT molecular complexity index is 709. The van der Waals surface area contributed by atoms with Crippen LogP contribution in [-0.4, -0.2) is 22.1 Å². The lowest BCUT2D eigenvalue weighted by atomic mass is 10.0. The van der Waals surface area contributed by atoms with Gasteiger partial charge in [-0.05, 0) is 33.3 Å². The van der Waals surface area contributed by atoms with Crippen LogP contribution < -0.4 is 5.32 Å². The van der Waals surface area contributed by atoms with Crippen molar-refractivity contribution in [1.82, 2.24) is 10.5 Å². The third-order valence-electron chi connectivity index (χ3n) is 3.65. The number of hydrogen-bond acceptors (Lipinski definition) is 4. The molecule has 0 aliphatic rings. The number of hydrogen-bond donors (Lipinski definition) is 2. The fourth-order valence-corrected chi connectivity index (χ4v) is 2.59. The zero-order valence-corrected chi connectivity index (χ0v) is 13.6. The number of aromatic nitrogens is 1.